The van der Waals surface area contributed by atoms with Gasteiger partial charge in [-0.05, 0) is 25.1 Å². The number of aromatic nitrogens is 3. The molecule has 0 N–H and O–H groups in total. The molecule has 2 aromatic heterocycles. The molecule has 0 bridgehead atoms. The van der Waals surface area contributed by atoms with E-state index in [9.17, 15) is 18.0 Å². The minimum absolute atomic E-state index is 0.0114. The van der Waals surface area contributed by atoms with Crippen molar-refractivity contribution in [2.45, 2.75) is 19.6 Å². The third-order valence-corrected chi connectivity index (χ3v) is 5.88. The van der Waals surface area contributed by atoms with Crippen molar-refractivity contribution < 1.29 is 18.0 Å². The van der Waals surface area contributed by atoms with Crippen molar-refractivity contribution in [3.8, 4) is 0 Å². The summed E-state index contributed by atoms with van der Waals surface area (Å²) in [5.41, 5.74) is -0.0120. The lowest BCUT2D eigenvalue weighted by molar-refractivity contribution is -0.142. The third-order valence-electron chi connectivity index (χ3n) is 5.17. The van der Waals surface area contributed by atoms with Gasteiger partial charge in [0.25, 0.3) is 5.91 Å². The third kappa shape index (κ3) is 4.49. The van der Waals surface area contributed by atoms with E-state index in [-0.39, 0.29) is 17.0 Å². The first-order valence-corrected chi connectivity index (χ1v) is 10.3. The van der Waals surface area contributed by atoms with E-state index in [0.717, 1.165) is 11.6 Å². The molecule has 6 nitrogen and oxygen atoms in total. The van der Waals surface area contributed by atoms with Crippen LogP contribution in [0, 0.1) is 6.92 Å². The minimum atomic E-state index is -4.61. The number of piperazine rings is 1. The summed E-state index contributed by atoms with van der Waals surface area (Å²) in [6, 6.07) is 7.53. The zero-order valence-electron chi connectivity index (χ0n) is 16.5. The number of halogens is 5. The molecule has 0 saturated carbocycles. The Kier molecular flexibility index (Phi) is 5.85. The van der Waals surface area contributed by atoms with E-state index in [1.54, 1.807) is 23.1 Å². The molecule has 3 heterocycles. The van der Waals surface area contributed by atoms with Crippen LogP contribution in [0.2, 0.25) is 10.0 Å². The molecule has 1 fully saturated rings. The van der Waals surface area contributed by atoms with Crippen LogP contribution in [0.25, 0.3) is 5.65 Å². The summed E-state index contributed by atoms with van der Waals surface area (Å²) in [5.74, 6) is -0.424. The molecule has 0 aliphatic carbocycles. The lowest BCUT2D eigenvalue weighted by Gasteiger charge is -2.34. The first-order valence-electron chi connectivity index (χ1n) is 9.52. The van der Waals surface area contributed by atoms with Crippen molar-refractivity contribution in [1.29, 1.82) is 0 Å². The summed E-state index contributed by atoms with van der Waals surface area (Å²) in [6.07, 6.45) is -4.61. The number of carbonyl (C=O) groups is 1. The molecule has 4 rings (SSSR count). The molecule has 11 heteroatoms. The zero-order valence-corrected chi connectivity index (χ0v) is 18.0. The summed E-state index contributed by atoms with van der Waals surface area (Å²) in [4.78, 5) is 20.6. The number of hydrogen-bond donors (Lipinski definition) is 0. The van der Waals surface area contributed by atoms with Gasteiger partial charge in [0.1, 0.15) is 5.69 Å². The molecule has 1 amide bonds. The van der Waals surface area contributed by atoms with Crippen LogP contribution in [0.3, 0.4) is 0 Å². The Morgan fingerprint density at radius 3 is 2.35 bits per heavy atom. The maximum absolute atomic E-state index is 13.3. The van der Waals surface area contributed by atoms with E-state index in [2.05, 4.69) is 15.0 Å². The first kappa shape index (κ1) is 21.9. The summed E-state index contributed by atoms with van der Waals surface area (Å²) in [6.45, 7) is 3.99. The lowest BCUT2D eigenvalue weighted by Crippen LogP contribution is -2.48. The number of fused-ring (bicyclic) bond motifs is 1. The Hall–Kier alpha value is -2.36. The van der Waals surface area contributed by atoms with Crippen molar-refractivity contribution in [3.63, 3.8) is 0 Å². The van der Waals surface area contributed by atoms with Gasteiger partial charge < -0.3 is 4.90 Å². The first-order chi connectivity index (χ1) is 14.6. The fourth-order valence-corrected chi connectivity index (χ4v) is 4.10. The normalized spacial score (nSPS) is 15.6. The van der Waals surface area contributed by atoms with Crippen LogP contribution in [-0.2, 0) is 12.7 Å². The molecule has 0 atom stereocenters. The van der Waals surface area contributed by atoms with Gasteiger partial charge in [-0.25, -0.2) is 9.50 Å². The zero-order chi connectivity index (χ0) is 22.3. The van der Waals surface area contributed by atoms with Crippen LogP contribution in [0.4, 0.5) is 13.2 Å². The summed E-state index contributed by atoms with van der Waals surface area (Å²) in [5, 5.41) is 5.06. The van der Waals surface area contributed by atoms with Gasteiger partial charge in [-0.2, -0.15) is 18.3 Å². The van der Waals surface area contributed by atoms with Crippen molar-refractivity contribution in [2.24, 2.45) is 0 Å². The van der Waals surface area contributed by atoms with Gasteiger partial charge in [0, 0.05) is 60.1 Å². The van der Waals surface area contributed by atoms with E-state index < -0.39 is 17.8 Å². The molecule has 164 valence electrons. The van der Waals surface area contributed by atoms with Crippen LogP contribution in [0.1, 0.15) is 27.4 Å². The van der Waals surface area contributed by atoms with Gasteiger partial charge in [0.2, 0.25) is 0 Å². The molecule has 0 spiro atoms. The van der Waals surface area contributed by atoms with Gasteiger partial charge in [-0.1, -0.05) is 29.3 Å². The maximum atomic E-state index is 13.3. The number of hydrogen-bond acceptors (Lipinski definition) is 4. The van der Waals surface area contributed by atoms with Gasteiger partial charge in [-0.3, -0.25) is 9.69 Å². The van der Waals surface area contributed by atoms with Crippen LogP contribution in [0.15, 0.2) is 30.3 Å². The Labute approximate surface area is 186 Å². The Morgan fingerprint density at radius 1 is 1.10 bits per heavy atom. The SMILES string of the molecule is Cc1cc(C(F)(F)F)n2nc(C(=O)N3CCN(Cc4c(Cl)cccc4Cl)CC3)cc2n1. The highest BCUT2D eigenvalue weighted by atomic mass is 35.5. The fourth-order valence-electron chi connectivity index (χ4n) is 3.58. The monoisotopic (exact) mass is 471 g/mol. The molecule has 1 saturated heterocycles. The quantitative estimate of drug-likeness (QED) is 0.570. The molecule has 1 aromatic carbocycles. The molecule has 3 aromatic rings. The number of carbonyl (C=O) groups excluding carboxylic acids is 1. The highest BCUT2D eigenvalue weighted by molar-refractivity contribution is 6.35. The largest absolute Gasteiger partial charge is 0.433 e. The van der Waals surface area contributed by atoms with E-state index in [4.69, 9.17) is 23.2 Å². The Balaban J connectivity index is 1.48. The smallest absolute Gasteiger partial charge is 0.335 e. The molecule has 1 aliphatic rings. The van der Waals surface area contributed by atoms with Crippen molar-refractivity contribution in [3.05, 3.63) is 63.0 Å². The predicted molar refractivity (Wildman–Crippen MR) is 110 cm³/mol. The molecular weight excluding hydrogens is 454 g/mol. The van der Waals surface area contributed by atoms with Crippen LogP contribution < -0.4 is 0 Å². The van der Waals surface area contributed by atoms with Crippen LogP contribution in [-0.4, -0.2) is 56.5 Å². The Bertz CT molecular complexity index is 1120. The van der Waals surface area contributed by atoms with E-state index >= 15 is 0 Å². The summed E-state index contributed by atoms with van der Waals surface area (Å²) in [7, 11) is 0. The van der Waals surface area contributed by atoms with E-state index in [1.165, 1.54) is 13.0 Å². The standard InChI is InChI=1S/C20H18Cl2F3N5O/c1-12-9-17(20(23,24)25)30-18(26-12)10-16(27-30)19(31)29-7-5-28(6-8-29)11-13-14(21)3-2-4-15(13)22/h2-4,9-10H,5-8,11H2,1H3. The van der Waals surface area contributed by atoms with Crippen molar-refractivity contribution >= 4 is 34.8 Å². The molecular formula is C20H18Cl2F3N5O. The van der Waals surface area contributed by atoms with Crippen LogP contribution in [0.5, 0.6) is 0 Å². The second-order valence-electron chi connectivity index (χ2n) is 7.35. The number of aryl methyl sites for hydroxylation is 1. The van der Waals surface area contributed by atoms with E-state index in [1.807, 2.05) is 0 Å². The average Bonchev–Trinajstić information content (AvgIpc) is 3.13. The molecule has 0 unspecified atom stereocenters. The van der Waals surface area contributed by atoms with Crippen LogP contribution >= 0.6 is 23.2 Å². The fraction of sp³-hybridized carbons (Fsp3) is 0.350. The van der Waals surface area contributed by atoms with Crippen molar-refractivity contribution in [2.75, 3.05) is 26.2 Å². The van der Waals surface area contributed by atoms with Gasteiger partial charge in [-0.15, -0.1) is 0 Å². The highest BCUT2D eigenvalue weighted by Crippen LogP contribution is 2.30. The number of nitrogens with zero attached hydrogens (tertiary/aromatic N) is 5. The Morgan fingerprint density at radius 2 is 1.74 bits per heavy atom. The average molecular weight is 472 g/mol. The van der Waals surface area contributed by atoms with E-state index in [0.29, 0.717) is 47.3 Å². The van der Waals surface area contributed by atoms with Gasteiger partial charge >= 0.3 is 6.18 Å². The number of rotatable bonds is 3. The number of benzene rings is 1. The maximum Gasteiger partial charge on any atom is 0.433 e. The summed E-state index contributed by atoms with van der Waals surface area (Å²) >= 11 is 12.5. The van der Waals surface area contributed by atoms with Gasteiger partial charge in [0.05, 0.1) is 0 Å². The number of amides is 1. The van der Waals surface area contributed by atoms with Gasteiger partial charge in [0.15, 0.2) is 11.3 Å². The number of alkyl halides is 3. The molecule has 1 aliphatic heterocycles. The lowest BCUT2D eigenvalue weighted by atomic mass is 10.2. The second-order valence-corrected chi connectivity index (χ2v) is 8.16. The highest BCUT2D eigenvalue weighted by Gasteiger charge is 2.35. The molecule has 0 radical (unpaired) electrons. The second kappa shape index (κ2) is 8.29. The topological polar surface area (TPSA) is 53.7 Å². The predicted octanol–water partition coefficient (Wildman–Crippen LogP) is 4.32. The van der Waals surface area contributed by atoms with Crippen molar-refractivity contribution in [1.82, 2.24) is 24.4 Å². The molecule has 31 heavy (non-hydrogen) atoms. The minimum Gasteiger partial charge on any atom is -0.335 e. The summed E-state index contributed by atoms with van der Waals surface area (Å²) < 4.78 is 40.7.